The molecule has 2 N–H and O–H groups in total. The van der Waals surface area contributed by atoms with Gasteiger partial charge in [-0.2, -0.15) is 0 Å². The Balaban J connectivity index is 0.00000225. The number of piperidine rings is 1. The molecule has 0 aromatic heterocycles. The van der Waals surface area contributed by atoms with E-state index in [0.29, 0.717) is 23.6 Å². The van der Waals surface area contributed by atoms with Gasteiger partial charge in [0.1, 0.15) is 5.82 Å². The van der Waals surface area contributed by atoms with Crippen molar-refractivity contribution in [3.63, 3.8) is 0 Å². The molecule has 4 rings (SSSR count). The number of halogens is 3. The average molecular weight is 521 g/mol. The predicted octanol–water partition coefficient (Wildman–Crippen LogP) is 3.52. The highest BCUT2D eigenvalue weighted by Crippen LogP contribution is 2.45. The van der Waals surface area contributed by atoms with Crippen LogP contribution in [0, 0.1) is 11.2 Å². The van der Waals surface area contributed by atoms with Gasteiger partial charge >= 0.3 is 0 Å². The fraction of sp³-hybridized carbons (Fsp3) is 0.600. The van der Waals surface area contributed by atoms with Crippen molar-refractivity contribution in [3.8, 4) is 0 Å². The third-order valence-corrected chi connectivity index (χ3v) is 6.27. The molecule has 3 fully saturated rings. The highest BCUT2D eigenvalue weighted by Gasteiger charge is 2.45. The van der Waals surface area contributed by atoms with E-state index in [1.165, 1.54) is 6.07 Å². The lowest BCUT2D eigenvalue weighted by atomic mass is 9.79. The summed E-state index contributed by atoms with van der Waals surface area (Å²) in [6.07, 6.45) is 3.56. The smallest absolute Gasteiger partial charge is 0.220 e. The Bertz CT molecular complexity index is 756. The summed E-state index contributed by atoms with van der Waals surface area (Å²) >= 11 is 6.22. The number of likely N-dealkylation sites (tertiary alicyclic amines) is 1. The first kappa shape index (κ1) is 21.6. The molecule has 3 unspecified atom stereocenters. The number of hydrogen-bond acceptors (Lipinski definition) is 2. The molecule has 0 radical (unpaired) electrons. The Hall–Kier alpha value is -1.09. The summed E-state index contributed by atoms with van der Waals surface area (Å²) < 4.78 is 14.2. The molecule has 1 amide bonds. The van der Waals surface area contributed by atoms with Crippen LogP contribution in [0.2, 0.25) is 5.02 Å². The summed E-state index contributed by atoms with van der Waals surface area (Å²) in [5.74, 6) is 0.860. The monoisotopic (exact) mass is 520 g/mol. The highest BCUT2D eigenvalue weighted by atomic mass is 127. The Morgan fingerprint density at radius 2 is 2.32 bits per heavy atom. The molecule has 2 saturated heterocycles. The van der Waals surface area contributed by atoms with Gasteiger partial charge in [-0.25, -0.2) is 4.39 Å². The molecule has 1 aliphatic carbocycles. The van der Waals surface area contributed by atoms with E-state index in [1.54, 1.807) is 12.1 Å². The maximum absolute atomic E-state index is 14.2. The predicted molar refractivity (Wildman–Crippen MR) is 120 cm³/mol. The number of nitrogens with zero attached hydrogens (tertiary/aromatic N) is 2. The Morgan fingerprint density at radius 3 is 3.00 bits per heavy atom. The summed E-state index contributed by atoms with van der Waals surface area (Å²) in [7, 11) is 0. The molecule has 1 aromatic carbocycles. The average Bonchev–Trinajstić information content (AvgIpc) is 3.29. The van der Waals surface area contributed by atoms with Crippen LogP contribution in [0.4, 0.5) is 4.39 Å². The first-order valence-electron chi connectivity index (χ1n) is 9.78. The Kier molecular flexibility index (Phi) is 6.74. The molecule has 8 heteroatoms. The van der Waals surface area contributed by atoms with Crippen LogP contribution in [0.1, 0.15) is 44.1 Å². The van der Waals surface area contributed by atoms with E-state index in [-0.39, 0.29) is 53.1 Å². The SMILES string of the molecule is CCN=C(NC1CC1c1c(F)cccc1Cl)N1CCCC2(CNC(=O)C2)C1.I. The lowest BCUT2D eigenvalue weighted by Crippen LogP contribution is -2.52. The number of guanidine groups is 1. The van der Waals surface area contributed by atoms with Crippen molar-refractivity contribution in [2.45, 2.75) is 44.6 Å². The van der Waals surface area contributed by atoms with Gasteiger partial charge in [-0.1, -0.05) is 17.7 Å². The largest absolute Gasteiger partial charge is 0.355 e. The minimum Gasteiger partial charge on any atom is -0.355 e. The summed E-state index contributed by atoms with van der Waals surface area (Å²) in [4.78, 5) is 18.7. The lowest BCUT2D eigenvalue weighted by Gasteiger charge is -2.41. The van der Waals surface area contributed by atoms with E-state index < -0.39 is 0 Å². The molecule has 2 heterocycles. The second-order valence-electron chi connectivity index (χ2n) is 8.00. The van der Waals surface area contributed by atoms with Crippen LogP contribution in [0.25, 0.3) is 0 Å². The number of amides is 1. The zero-order valence-corrected chi connectivity index (χ0v) is 19.1. The Morgan fingerprint density at radius 1 is 1.50 bits per heavy atom. The van der Waals surface area contributed by atoms with Crippen molar-refractivity contribution >= 4 is 47.4 Å². The van der Waals surface area contributed by atoms with E-state index in [2.05, 4.69) is 20.5 Å². The first-order valence-corrected chi connectivity index (χ1v) is 10.2. The van der Waals surface area contributed by atoms with E-state index in [9.17, 15) is 9.18 Å². The molecule has 0 bridgehead atoms. The van der Waals surface area contributed by atoms with E-state index in [1.807, 2.05) is 6.92 Å². The third kappa shape index (κ3) is 4.40. The Labute approximate surface area is 187 Å². The zero-order chi connectivity index (χ0) is 19.0. The number of nitrogens with one attached hydrogen (secondary N) is 2. The summed E-state index contributed by atoms with van der Waals surface area (Å²) in [6, 6.07) is 5.00. The minimum absolute atomic E-state index is 0. The molecule has 154 valence electrons. The number of aliphatic imine (C=N–C) groups is 1. The van der Waals surface area contributed by atoms with Gasteiger partial charge in [0.05, 0.1) is 0 Å². The van der Waals surface area contributed by atoms with Crippen LogP contribution in [0.5, 0.6) is 0 Å². The van der Waals surface area contributed by atoms with Crippen molar-refractivity contribution in [2.75, 3.05) is 26.2 Å². The fourth-order valence-electron chi connectivity index (χ4n) is 4.52. The van der Waals surface area contributed by atoms with Gasteiger partial charge in [-0.15, -0.1) is 24.0 Å². The molecule has 5 nitrogen and oxygen atoms in total. The molecular formula is C20H27ClFIN4O. The van der Waals surface area contributed by atoms with Gasteiger partial charge < -0.3 is 15.5 Å². The number of carbonyl (C=O) groups is 1. The second-order valence-corrected chi connectivity index (χ2v) is 8.41. The van der Waals surface area contributed by atoms with Crippen molar-refractivity contribution in [3.05, 3.63) is 34.6 Å². The fourth-order valence-corrected chi connectivity index (χ4v) is 4.82. The van der Waals surface area contributed by atoms with E-state index in [4.69, 9.17) is 11.6 Å². The molecular weight excluding hydrogens is 494 g/mol. The van der Waals surface area contributed by atoms with Crippen LogP contribution in [-0.4, -0.2) is 49.0 Å². The molecule has 3 atom stereocenters. The van der Waals surface area contributed by atoms with E-state index >= 15 is 0 Å². The second kappa shape index (κ2) is 8.73. The number of hydrogen-bond donors (Lipinski definition) is 2. The van der Waals surface area contributed by atoms with Gasteiger partial charge in [0.15, 0.2) is 5.96 Å². The normalized spacial score (nSPS) is 29.5. The highest BCUT2D eigenvalue weighted by molar-refractivity contribution is 14.0. The third-order valence-electron chi connectivity index (χ3n) is 5.94. The topological polar surface area (TPSA) is 56.7 Å². The van der Waals surface area contributed by atoms with Crippen molar-refractivity contribution < 1.29 is 9.18 Å². The lowest BCUT2D eigenvalue weighted by molar-refractivity contribution is -0.119. The number of carbonyl (C=O) groups excluding carboxylic acids is 1. The van der Waals surface area contributed by atoms with Crippen molar-refractivity contribution in [1.82, 2.24) is 15.5 Å². The zero-order valence-electron chi connectivity index (χ0n) is 16.0. The molecule has 3 aliphatic rings. The quantitative estimate of drug-likeness (QED) is 0.364. The van der Waals surface area contributed by atoms with Crippen LogP contribution >= 0.6 is 35.6 Å². The molecule has 2 aliphatic heterocycles. The van der Waals surface area contributed by atoms with Gasteiger partial charge in [-0.3, -0.25) is 9.79 Å². The maximum Gasteiger partial charge on any atom is 0.220 e. The number of benzene rings is 1. The van der Waals surface area contributed by atoms with Crippen molar-refractivity contribution in [2.24, 2.45) is 10.4 Å². The molecule has 1 saturated carbocycles. The summed E-state index contributed by atoms with van der Waals surface area (Å²) in [5, 5.41) is 7.00. The van der Waals surface area contributed by atoms with Gasteiger partial charge in [0.25, 0.3) is 0 Å². The van der Waals surface area contributed by atoms with Crippen LogP contribution in [-0.2, 0) is 4.79 Å². The van der Waals surface area contributed by atoms with Crippen LogP contribution in [0.15, 0.2) is 23.2 Å². The summed E-state index contributed by atoms with van der Waals surface area (Å²) in [6.45, 7) is 5.20. The first-order chi connectivity index (χ1) is 13.0. The molecule has 1 spiro atoms. The van der Waals surface area contributed by atoms with Gasteiger partial charge in [0, 0.05) is 60.6 Å². The number of rotatable bonds is 3. The van der Waals surface area contributed by atoms with Gasteiger partial charge in [-0.05, 0) is 38.3 Å². The maximum atomic E-state index is 14.2. The summed E-state index contributed by atoms with van der Waals surface area (Å²) in [5.41, 5.74) is 0.622. The minimum atomic E-state index is -0.238. The van der Waals surface area contributed by atoms with Crippen LogP contribution in [0.3, 0.4) is 0 Å². The van der Waals surface area contributed by atoms with E-state index in [0.717, 1.165) is 44.9 Å². The molecule has 28 heavy (non-hydrogen) atoms. The van der Waals surface area contributed by atoms with Crippen molar-refractivity contribution in [1.29, 1.82) is 0 Å². The van der Waals surface area contributed by atoms with Gasteiger partial charge in [0.2, 0.25) is 5.91 Å². The standard InChI is InChI=1S/C20H26ClFN4O.HI/c1-2-23-19(26-8-4-7-20(12-26)10-17(27)24-11-20)25-16-9-13(16)18-14(21)5-3-6-15(18)22;/h3,5-6,13,16H,2,4,7-12H2,1H3,(H,23,25)(H,24,27);1H. The molecule has 1 aromatic rings. The van der Waals surface area contributed by atoms with Crippen LogP contribution < -0.4 is 10.6 Å².